The van der Waals surface area contributed by atoms with Crippen LogP contribution >= 0.6 is 0 Å². The van der Waals surface area contributed by atoms with Crippen LogP contribution in [0.25, 0.3) is 0 Å². The Kier molecular flexibility index (Phi) is 5.90. The molecule has 2 N–H and O–H groups in total. The highest BCUT2D eigenvalue weighted by Gasteiger charge is 2.12. The molecule has 2 aromatic rings. The second-order valence-electron chi connectivity index (χ2n) is 5.47. The number of aliphatic hydroxyl groups excluding tert-OH is 1. The predicted molar refractivity (Wildman–Crippen MR) is 83.7 cm³/mol. The van der Waals surface area contributed by atoms with Gasteiger partial charge in [0.2, 0.25) is 0 Å². The fourth-order valence-corrected chi connectivity index (χ4v) is 2.55. The number of halogens is 1. The zero-order chi connectivity index (χ0) is 15.1. The average molecular weight is 287 g/mol. The van der Waals surface area contributed by atoms with E-state index < -0.39 is 0 Å². The van der Waals surface area contributed by atoms with Gasteiger partial charge in [0.05, 0.1) is 6.61 Å². The van der Waals surface area contributed by atoms with Crippen LogP contribution in [0, 0.1) is 5.82 Å². The summed E-state index contributed by atoms with van der Waals surface area (Å²) in [6.07, 6.45) is 1.52. The molecule has 0 aliphatic rings. The molecule has 3 heteroatoms. The molecular formula is C18H22FNO. The van der Waals surface area contributed by atoms with Crippen LogP contribution in [-0.2, 0) is 12.8 Å². The highest BCUT2D eigenvalue weighted by molar-refractivity contribution is 5.18. The van der Waals surface area contributed by atoms with Crippen molar-refractivity contribution in [3.8, 4) is 0 Å². The Morgan fingerprint density at radius 2 is 1.71 bits per heavy atom. The summed E-state index contributed by atoms with van der Waals surface area (Å²) in [4.78, 5) is 0. The Balaban J connectivity index is 1.89. The van der Waals surface area contributed by atoms with Crippen molar-refractivity contribution in [1.82, 2.24) is 5.32 Å². The summed E-state index contributed by atoms with van der Waals surface area (Å²) < 4.78 is 13.2. The minimum Gasteiger partial charge on any atom is -0.395 e. The number of hydrogen-bond acceptors (Lipinski definition) is 2. The summed E-state index contributed by atoms with van der Waals surface area (Å²) in [5.74, 6) is -0.206. The quantitative estimate of drug-likeness (QED) is 0.820. The van der Waals surface area contributed by atoms with E-state index in [1.54, 1.807) is 12.1 Å². The molecule has 112 valence electrons. The summed E-state index contributed by atoms with van der Waals surface area (Å²) in [6.45, 7) is 2.14. The molecule has 2 aromatic carbocycles. The lowest BCUT2D eigenvalue weighted by atomic mass is 10.0. The Morgan fingerprint density at radius 1 is 1.00 bits per heavy atom. The lowest BCUT2D eigenvalue weighted by Gasteiger charge is -2.22. The van der Waals surface area contributed by atoms with E-state index in [-0.39, 0.29) is 24.5 Å². The zero-order valence-corrected chi connectivity index (χ0v) is 12.3. The number of aliphatic hydroxyl groups is 1. The van der Waals surface area contributed by atoms with Crippen LogP contribution in [0.15, 0.2) is 54.6 Å². The van der Waals surface area contributed by atoms with E-state index in [0.717, 1.165) is 18.4 Å². The first-order chi connectivity index (χ1) is 10.2. The molecule has 0 aromatic heterocycles. The molecular weight excluding hydrogens is 265 g/mol. The van der Waals surface area contributed by atoms with Crippen LogP contribution in [0.4, 0.5) is 4.39 Å². The van der Waals surface area contributed by atoms with Gasteiger partial charge in [0.15, 0.2) is 0 Å². The minimum atomic E-state index is -0.206. The lowest BCUT2D eigenvalue weighted by molar-refractivity contribution is 0.232. The van der Waals surface area contributed by atoms with Gasteiger partial charge in [0.25, 0.3) is 0 Å². The second kappa shape index (κ2) is 7.91. The molecule has 2 atom stereocenters. The Bertz CT molecular complexity index is 544. The Labute approximate surface area is 125 Å². The normalized spacial score (nSPS) is 13.9. The third-order valence-corrected chi connectivity index (χ3v) is 3.50. The van der Waals surface area contributed by atoms with E-state index in [1.165, 1.54) is 11.6 Å². The van der Waals surface area contributed by atoms with Crippen LogP contribution in [-0.4, -0.2) is 23.8 Å². The number of hydrogen-bond donors (Lipinski definition) is 2. The third kappa shape index (κ3) is 5.29. The third-order valence-electron chi connectivity index (χ3n) is 3.50. The van der Waals surface area contributed by atoms with E-state index in [4.69, 9.17) is 0 Å². The molecule has 0 heterocycles. The van der Waals surface area contributed by atoms with Crippen LogP contribution in [0.2, 0.25) is 0 Å². The SMILES string of the molecule is CC(Cc1cccc(F)c1)N[C@@H](CO)Cc1ccccc1. The Hall–Kier alpha value is -1.71. The minimum absolute atomic E-state index is 0.0101. The van der Waals surface area contributed by atoms with E-state index in [9.17, 15) is 9.50 Å². The molecule has 21 heavy (non-hydrogen) atoms. The molecule has 0 bridgehead atoms. The standard InChI is InChI=1S/C18H22FNO/c1-14(10-16-8-5-9-17(19)11-16)20-18(13-21)12-15-6-3-2-4-7-15/h2-9,11,14,18,20-21H,10,12-13H2,1H3/t14?,18-/m1/s1. The molecule has 0 aliphatic carbocycles. The molecule has 1 unspecified atom stereocenters. The molecule has 0 fully saturated rings. The van der Waals surface area contributed by atoms with Crippen LogP contribution in [0.1, 0.15) is 18.1 Å². The molecule has 0 radical (unpaired) electrons. The largest absolute Gasteiger partial charge is 0.395 e. The van der Waals surface area contributed by atoms with Gasteiger partial charge in [-0.25, -0.2) is 4.39 Å². The second-order valence-corrected chi connectivity index (χ2v) is 5.47. The summed E-state index contributed by atoms with van der Waals surface area (Å²) in [6, 6.07) is 16.9. The monoisotopic (exact) mass is 287 g/mol. The first-order valence-corrected chi connectivity index (χ1v) is 7.32. The topological polar surface area (TPSA) is 32.3 Å². The van der Waals surface area contributed by atoms with Gasteiger partial charge < -0.3 is 10.4 Å². The molecule has 0 amide bonds. The van der Waals surface area contributed by atoms with Gasteiger partial charge >= 0.3 is 0 Å². The molecule has 0 saturated heterocycles. The van der Waals surface area contributed by atoms with Crippen molar-refractivity contribution in [2.75, 3.05) is 6.61 Å². The average Bonchev–Trinajstić information content (AvgIpc) is 2.47. The fraction of sp³-hybridized carbons (Fsp3) is 0.333. The summed E-state index contributed by atoms with van der Waals surface area (Å²) >= 11 is 0. The zero-order valence-electron chi connectivity index (χ0n) is 12.3. The van der Waals surface area contributed by atoms with Crippen LogP contribution in [0.3, 0.4) is 0 Å². The number of nitrogens with one attached hydrogen (secondary N) is 1. The van der Waals surface area contributed by atoms with Crippen LogP contribution < -0.4 is 5.32 Å². The number of rotatable bonds is 7. The summed E-state index contributed by atoms with van der Waals surface area (Å²) in [7, 11) is 0. The van der Waals surface area contributed by atoms with Gasteiger partial charge in [-0.15, -0.1) is 0 Å². The first kappa shape index (κ1) is 15.7. The molecule has 0 aliphatic heterocycles. The maximum Gasteiger partial charge on any atom is 0.123 e. The smallest absolute Gasteiger partial charge is 0.123 e. The van der Waals surface area contributed by atoms with E-state index in [0.29, 0.717) is 0 Å². The lowest BCUT2D eigenvalue weighted by Crippen LogP contribution is -2.41. The fourth-order valence-electron chi connectivity index (χ4n) is 2.55. The molecule has 0 spiro atoms. The van der Waals surface area contributed by atoms with Crippen molar-refractivity contribution >= 4 is 0 Å². The number of benzene rings is 2. The Morgan fingerprint density at radius 3 is 2.38 bits per heavy atom. The van der Waals surface area contributed by atoms with Crippen molar-refractivity contribution in [3.63, 3.8) is 0 Å². The van der Waals surface area contributed by atoms with Crippen molar-refractivity contribution < 1.29 is 9.50 Å². The maximum atomic E-state index is 13.2. The summed E-state index contributed by atoms with van der Waals surface area (Å²) in [5, 5.41) is 12.9. The van der Waals surface area contributed by atoms with Crippen molar-refractivity contribution in [2.45, 2.75) is 31.8 Å². The van der Waals surface area contributed by atoms with Gasteiger partial charge in [-0.3, -0.25) is 0 Å². The van der Waals surface area contributed by atoms with Gasteiger partial charge in [0, 0.05) is 12.1 Å². The highest BCUT2D eigenvalue weighted by atomic mass is 19.1. The molecule has 2 rings (SSSR count). The molecule has 0 saturated carbocycles. The van der Waals surface area contributed by atoms with Gasteiger partial charge in [-0.2, -0.15) is 0 Å². The summed E-state index contributed by atoms with van der Waals surface area (Å²) in [5.41, 5.74) is 2.16. The van der Waals surface area contributed by atoms with Gasteiger partial charge in [-0.05, 0) is 43.0 Å². The highest BCUT2D eigenvalue weighted by Crippen LogP contribution is 2.08. The first-order valence-electron chi connectivity index (χ1n) is 7.32. The maximum absolute atomic E-state index is 13.2. The van der Waals surface area contributed by atoms with E-state index in [2.05, 4.69) is 24.4 Å². The van der Waals surface area contributed by atoms with Crippen molar-refractivity contribution in [2.24, 2.45) is 0 Å². The van der Waals surface area contributed by atoms with Gasteiger partial charge in [-0.1, -0.05) is 42.5 Å². The van der Waals surface area contributed by atoms with Crippen LogP contribution in [0.5, 0.6) is 0 Å². The van der Waals surface area contributed by atoms with Gasteiger partial charge in [0.1, 0.15) is 5.82 Å². The molecule has 2 nitrogen and oxygen atoms in total. The predicted octanol–water partition coefficient (Wildman–Crippen LogP) is 2.95. The van der Waals surface area contributed by atoms with E-state index >= 15 is 0 Å². The van der Waals surface area contributed by atoms with Crippen molar-refractivity contribution in [1.29, 1.82) is 0 Å². The van der Waals surface area contributed by atoms with Crippen molar-refractivity contribution in [3.05, 3.63) is 71.5 Å². The van der Waals surface area contributed by atoms with E-state index in [1.807, 2.05) is 24.3 Å².